The maximum Gasteiger partial charge on any atom is -0.0131 e. The lowest BCUT2D eigenvalue weighted by Gasteiger charge is -2.43. The highest BCUT2D eigenvalue weighted by atomic mass is 14.5. The molecule has 0 N–H and O–H groups in total. The van der Waals surface area contributed by atoms with Gasteiger partial charge in [0.2, 0.25) is 0 Å². The van der Waals surface area contributed by atoms with Gasteiger partial charge in [-0.3, -0.25) is 0 Å². The van der Waals surface area contributed by atoms with E-state index in [0.29, 0.717) is 0 Å². The molecule has 4 rings (SSSR count). The molecule has 3 saturated carbocycles. The molecule has 0 bridgehead atoms. The van der Waals surface area contributed by atoms with Gasteiger partial charge in [-0.1, -0.05) is 36.1 Å². The van der Waals surface area contributed by atoms with Crippen LogP contribution >= 0.6 is 0 Å². The number of fused-ring (bicyclic) bond motifs is 5. The quantitative estimate of drug-likeness (QED) is 0.555. The van der Waals surface area contributed by atoms with E-state index in [-0.39, 0.29) is 0 Å². The number of hydrogen-bond acceptors (Lipinski definition) is 0. The smallest absolute Gasteiger partial charge is 0.0131 e. The second-order valence-electron chi connectivity index (χ2n) is 6.74. The van der Waals surface area contributed by atoms with Gasteiger partial charge in [0.1, 0.15) is 0 Å². The summed E-state index contributed by atoms with van der Waals surface area (Å²) in [6, 6.07) is 0. The third-order valence-corrected chi connectivity index (χ3v) is 6.05. The van der Waals surface area contributed by atoms with Gasteiger partial charge in [-0.05, 0) is 68.6 Å². The molecule has 0 radical (unpaired) electrons. The summed E-state index contributed by atoms with van der Waals surface area (Å²) in [5.41, 5.74) is 3.69. The maximum atomic E-state index is 2.56. The second-order valence-corrected chi connectivity index (χ2v) is 6.74. The van der Waals surface area contributed by atoms with Crippen molar-refractivity contribution in [2.24, 2.45) is 23.7 Å². The van der Waals surface area contributed by atoms with Gasteiger partial charge in [-0.25, -0.2) is 0 Å². The zero-order valence-electron chi connectivity index (χ0n) is 10.8. The Morgan fingerprint density at radius 1 is 0.706 bits per heavy atom. The van der Waals surface area contributed by atoms with E-state index in [0.717, 1.165) is 23.7 Å². The summed E-state index contributed by atoms with van der Waals surface area (Å²) in [5, 5.41) is 0. The van der Waals surface area contributed by atoms with Gasteiger partial charge in [0, 0.05) is 0 Å². The third-order valence-electron chi connectivity index (χ3n) is 6.05. The first-order valence-corrected chi connectivity index (χ1v) is 7.84. The van der Waals surface area contributed by atoms with Crippen molar-refractivity contribution in [3.05, 3.63) is 23.3 Å². The average molecular weight is 228 g/mol. The molecule has 0 aromatic rings. The minimum Gasteiger partial charge on any atom is -0.0665 e. The molecule has 4 aliphatic carbocycles. The highest BCUT2D eigenvalue weighted by Gasteiger charge is 2.42. The highest BCUT2D eigenvalue weighted by Crippen LogP contribution is 2.54. The molecule has 0 aromatic heterocycles. The van der Waals surface area contributed by atoms with Crippen LogP contribution in [0.4, 0.5) is 0 Å². The van der Waals surface area contributed by atoms with Crippen LogP contribution in [0, 0.1) is 23.7 Å². The van der Waals surface area contributed by atoms with Gasteiger partial charge in [0.05, 0.1) is 0 Å². The van der Waals surface area contributed by atoms with Crippen molar-refractivity contribution in [1.29, 1.82) is 0 Å². The van der Waals surface area contributed by atoms with Crippen LogP contribution in [0.5, 0.6) is 0 Å². The normalized spacial score (nSPS) is 44.2. The lowest BCUT2D eigenvalue weighted by Crippen LogP contribution is -2.32. The second kappa shape index (κ2) is 4.00. The lowest BCUT2D eigenvalue weighted by atomic mass is 9.61. The van der Waals surface area contributed by atoms with Gasteiger partial charge >= 0.3 is 0 Å². The molecular formula is C17H24. The highest BCUT2D eigenvalue weighted by molar-refractivity contribution is 5.33. The predicted octanol–water partition coefficient (Wildman–Crippen LogP) is 4.87. The van der Waals surface area contributed by atoms with E-state index in [9.17, 15) is 0 Å². The molecule has 0 nitrogen and oxygen atoms in total. The van der Waals surface area contributed by atoms with Gasteiger partial charge < -0.3 is 0 Å². The van der Waals surface area contributed by atoms with Crippen molar-refractivity contribution in [2.75, 3.05) is 0 Å². The van der Waals surface area contributed by atoms with Crippen LogP contribution in [0.25, 0.3) is 0 Å². The Hall–Kier alpha value is -0.520. The van der Waals surface area contributed by atoms with Crippen molar-refractivity contribution in [2.45, 2.75) is 57.8 Å². The zero-order chi connectivity index (χ0) is 11.2. The molecule has 4 unspecified atom stereocenters. The molecule has 3 fully saturated rings. The molecule has 0 aliphatic heterocycles. The molecule has 0 spiro atoms. The molecule has 0 saturated heterocycles. The first-order valence-electron chi connectivity index (χ1n) is 7.84. The van der Waals surface area contributed by atoms with Crippen LogP contribution in [0.15, 0.2) is 23.3 Å². The van der Waals surface area contributed by atoms with Gasteiger partial charge in [-0.15, -0.1) is 0 Å². The summed E-state index contributed by atoms with van der Waals surface area (Å²) >= 11 is 0. The topological polar surface area (TPSA) is 0 Å². The van der Waals surface area contributed by atoms with E-state index in [1.807, 2.05) is 5.57 Å². The Kier molecular flexibility index (Phi) is 2.45. The zero-order valence-corrected chi connectivity index (χ0v) is 10.8. The van der Waals surface area contributed by atoms with Crippen LogP contribution < -0.4 is 0 Å². The summed E-state index contributed by atoms with van der Waals surface area (Å²) in [4.78, 5) is 0. The van der Waals surface area contributed by atoms with Crippen LogP contribution in [-0.2, 0) is 0 Å². The van der Waals surface area contributed by atoms with Crippen molar-refractivity contribution in [1.82, 2.24) is 0 Å². The van der Waals surface area contributed by atoms with Gasteiger partial charge in [0.15, 0.2) is 0 Å². The Labute approximate surface area is 105 Å². The SMILES string of the molecule is C1=C2CCCCC2C2CCC3CCCC3C2=C1. The van der Waals surface area contributed by atoms with E-state index < -0.39 is 0 Å². The summed E-state index contributed by atoms with van der Waals surface area (Å²) in [6.07, 6.45) is 18.5. The average Bonchev–Trinajstić information content (AvgIpc) is 2.86. The van der Waals surface area contributed by atoms with Gasteiger partial charge in [0.25, 0.3) is 0 Å². The summed E-state index contributed by atoms with van der Waals surface area (Å²) in [7, 11) is 0. The Bertz CT molecular complexity index is 373. The van der Waals surface area contributed by atoms with E-state index >= 15 is 0 Å². The van der Waals surface area contributed by atoms with E-state index in [4.69, 9.17) is 0 Å². The Morgan fingerprint density at radius 3 is 2.65 bits per heavy atom. The minimum absolute atomic E-state index is 0.963. The van der Waals surface area contributed by atoms with E-state index in [1.54, 1.807) is 5.57 Å². The van der Waals surface area contributed by atoms with Crippen molar-refractivity contribution >= 4 is 0 Å². The summed E-state index contributed by atoms with van der Waals surface area (Å²) < 4.78 is 0. The van der Waals surface area contributed by atoms with Crippen LogP contribution in [0.2, 0.25) is 0 Å². The maximum absolute atomic E-state index is 2.56. The Morgan fingerprint density at radius 2 is 1.65 bits per heavy atom. The molecule has 17 heavy (non-hydrogen) atoms. The minimum atomic E-state index is 0.963. The molecule has 0 heteroatoms. The number of allylic oxidation sites excluding steroid dienone is 4. The fourth-order valence-electron chi connectivity index (χ4n) is 5.27. The van der Waals surface area contributed by atoms with Crippen LogP contribution in [0.1, 0.15) is 57.8 Å². The van der Waals surface area contributed by atoms with Crippen LogP contribution in [-0.4, -0.2) is 0 Å². The third kappa shape index (κ3) is 1.56. The Balaban J connectivity index is 1.68. The molecule has 92 valence electrons. The van der Waals surface area contributed by atoms with Gasteiger partial charge in [-0.2, -0.15) is 0 Å². The largest absolute Gasteiger partial charge is 0.0665 e. The molecule has 4 aliphatic rings. The monoisotopic (exact) mass is 228 g/mol. The van der Waals surface area contributed by atoms with Crippen molar-refractivity contribution < 1.29 is 0 Å². The van der Waals surface area contributed by atoms with Crippen molar-refractivity contribution in [3.63, 3.8) is 0 Å². The number of rotatable bonds is 0. The number of hydrogen-bond donors (Lipinski definition) is 0. The standard InChI is InChI=1S/C17H24/c1-2-6-14-12(4-1)8-10-17-15-7-3-5-13(15)9-11-16(14)17/h8,10,13-16H,1-7,9,11H2. The lowest BCUT2D eigenvalue weighted by molar-refractivity contribution is 0.225. The van der Waals surface area contributed by atoms with E-state index in [2.05, 4.69) is 12.2 Å². The fourth-order valence-corrected chi connectivity index (χ4v) is 5.27. The van der Waals surface area contributed by atoms with Crippen molar-refractivity contribution in [3.8, 4) is 0 Å². The summed E-state index contributed by atoms with van der Waals surface area (Å²) in [6.45, 7) is 0. The van der Waals surface area contributed by atoms with Crippen LogP contribution in [0.3, 0.4) is 0 Å². The molecule has 0 amide bonds. The fraction of sp³-hybridized carbons (Fsp3) is 0.765. The summed E-state index contributed by atoms with van der Waals surface area (Å²) in [5.74, 6) is 3.99. The van der Waals surface area contributed by atoms with E-state index in [1.165, 1.54) is 57.8 Å². The molecule has 0 aromatic carbocycles. The first kappa shape index (κ1) is 10.4. The first-order chi connectivity index (χ1) is 8.43. The molecule has 0 heterocycles. The predicted molar refractivity (Wildman–Crippen MR) is 71.7 cm³/mol. The molecular weight excluding hydrogens is 204 g/mol. The molecule has 4 atom stereocenters.